The van der Waals surface area contributed by atoms with E-state index in [4.69, 9.17) is 9.47 Å². The van der Waals surface area contributed by atoms with Crippen LogP contribution < -0.4 is 20.3 Å². The molecule has 1 saturated heterocycles. The highest BCUT2D eigenvalue weighted by atomic mass is 32.2. The average Bonchev–Trinajstić information content (AvgIpc) is 3.03. The Balaban J connectivity index is 1.57. The fraction of sp³-hybridized carbons (Fsp3) is 0.531. The summed E-state index contributed by atoms with van der Waals surface area (Å²) in [7, 11) is -4.02. The average molecular weight is 598 g/mol. The highest BCUT2D eigenvalue weighted by molar-refractivity contribution is 7.91. The zero-order valence-corrected chi connectivity index (χ0v) is 25.2. The van der Waals surface area contributed by atoms with Gasteiger partial charge in [0.1, 0.15) is 30.1 Å². The second kappa shape index (κ2) is 15.9. The van der Waals surface area contributed by atoms with Crippen molar-refractivity contribution < 1.29 is 27.9 Å². The first-order valence-electron chi connectivity index (χ1n) is 14.9. The Bertz CT molecular complexity index is 1290. The Kier molecular flexibility index (Phi) is 12.1. The normalized spacial score (nSPS) is 17.9. The Morgan fingerprint density at radius 1 is 0.952 bits per heavy atom. The topological polar surface area (TPSA) is 117 Å². The predicted octanol–water partition coefficient (Wildman–Crippen LogP) is 4.47. The highest BCUT2D eigenvalue weighted by Gasteiger charge is 2.37. The summed E-state index contributed by atoms with van der Waals surface area (Å²) in [6, 6.07) is 12.3. The van der Waals surface area contributed by atoms with Gasteiger partial charge in [-0.05, 0) is 93.6 Å². The quantitative estimate of drug-likeness (QED) is 0.176. The number of benzene rings is 2. The number of hydrogen-bond donors (Lipinski definition) is 3. The van der Waals surface area contributed by atoms with Gasteiger partial charge in [0.05, 0.1) is 10.9 Å². The van der Waals surface area contributed by atoms with E-state index in [1.54, 1.807) is 48.8 Å². The molecule has 0 spiro atoms. The maximum atomic E-state index is 14.1. The molecule has 10 heteroatoms. The van der Waals surface area contributed by atoms with Gasteiger partial charge in [-0.3, -0.25) is 20.2 Å². The molecule has 228 valence electrons. The van der Waals surface area contributed by atoms with Crippen LogP contribution in [0.15, 0.2) is 53.4 Å². The Labute approximate surface area is 249 Å². The zero-order valence-electron chi connectivity index (χ0n) is 24.4. The minimum atomic E-state index is -4.02. The molecule has 4 rings (SSSR count). The van der Waals surface area contributed by atoms with Crippen LogP contribution in [0.2, 0.25) is 0 Å². The number of nitrogens with zero attached hydrogens (tertiary/aromatic N) is 1. The Morgan fingerprint density at radius 2 is 1.57 bits per heavy atom. The van der Waals surface area contributed by atoms with Gasteiger partial charge < -0.3 is 9.47 Å². The van der Waals surface area contributed by atoms with Crippen molar-refractivity contribution in [3.05, 3.63) is 54.1 Å². The molecule has 3 N–H and O–H groups in total. The first kappa shape index (κ1) is 31.8. The maximum absolute atomic E-state index is 14.1. The molecular formula is C32H43N3O6S. The molecule has 2 fully saturated rings. The zero-order chi connectivity index (χ0) is 29.8. The summed E-state index contributed by atoms with van der Waals surface area (Å²) < 4.78 is 39.7. The molecular weight excluding hydrogens is 554 g/mol. The summed E-state index contributed by atoms with van der Waals surface area (Å²) in [5.41, 5.74) is 2.23. The lowest BCUT2D eigenvalue weighted by atomic mass is 9.83. The minimum Gasteiger partial charge on any atom is -0.492 e. The molecule has 1 amide bonds. The van der Waals surface area contributed by atoms with Gasteiger partial charge in [0.15, 0.2) is 9.84 Å². The number of carbonyl (C=O) groups is 1. The van der Waals surface area contributed by atoms with Gasteiger partial charge in [0.25, 0.3) is 5.91 Å². The van der Waals surface area contributed by atoms with Crippen molar-refractivity contribution in [2.75, 3.05) is 32.8 Å². The number of rotatable bonds is 13. The molecule has 1 aliphatic carbocycles. The van der Waals surface area contributed by atoms with E-state index in [-0.39, 0.29) is 17.4 Å². The first-order chi connectivity index (χ1) is 20.4. The van der Waals surface area contributed by atoms with E-state index in [1.807, 2.05) is 0 Å². The van der Waals surface area contributed by atoms with Crippen LogP contribution in [0.5, 0.6) is 11.5 Å². The molecule has 2 aliphatic rings. The van der Waals surface area contributed by atoms with E-state index in [0.29, 0.717) is 23.7 Å². The molecule has 2 unspecified atom stereocenters. The number of carbonyl (C=O) groups excluding carboxylic acids is 1. The van der Waals surface area contributed by atoms with Gasteiger partial charge in [-0.15, -0.1) is 5.92 Å². The third-order valence-electron chi connectivity index (χ3n) is 8.10. The van der Waals surface area contributed by atoms with Crippen LogP contribution in [0.3, 0.4) is 0 Å². The first-order valence-corrected chi connectivity index (χ1v) is 16.5. The van der Waals surface area contributed by atoms with Gasteiger partial charge >= 0.3 is 0 Å². The number of piperidine rings is 1. The summed E-state index contributed by atoms with van der Waals surface area (Å²) in [6.07, 6.45) is 8.24. The van der Waals surface area contributed by atoms with E-state index in [2.05, 4.69) is 22.1 Å². The van der Waals surface area contributed by atoms with Crippen LogP contribution in [0.25, 0.3) is 0 Å². The molecule has 0 aromatic heterocycles. The lowest BCUT2D eigenvalue weighted by molar-refractivity contribution is -0.133. The number of sulfone groups is 1. The Morgan fingerprint density at radius 3 is 2.21 bits per heavy atom. The lowest BCUT2D eigenvalue weighted by Gasteiger charge is -2.32. The molecule has 2 aromatic rings. The summed E-state index contributed by atoms with van der Waals surface area (Å²) in [5, 5.41) is 11.4. The molecule has 0 radical (unpaired) electrons. The second-order valence-corrected chi connectivity index (χ2v) is 13.0. The van der Waals surface area contributed by atoms with Crippen molar-refractivity contribution >= 4 is 15.7 Å². The number of ether oxygens (including phenoxy) is 2. The van der Waals surface area contributed by atoms with Gasteiger partial charge in [-0.2, -0.15) is 0 Å². The molecule has 1 saturated carbocycles. The van der Waals surface area contributed by atoms with Crippen LogP contribution in [0.4, 0.5) is 0 Å². The molecule has 0 bridgehead atoms. The minimum absolute atomic E-state index is 0.0857. The molecule has 1 heterocycles. The molecule has 1 aliphatic heterocycles. The van der Waals surface area contributed by atoms with Gasteiger partial charge in [0, 0.05) is 6.54 Å². The van der Waals surface area contributed by atoms with Crippen LogP contribution in [0.1, 0.15) is 69.2 Å². The van der Waals surface area contributed by atoms with Crippen LogP contribution >= 0.6 is 0 Å². The molecule has 2 aromatic carbocycles. The second-order valence-electron chi connectivity index (χ2n) is 11.0. The number of likely N-dealkylation sites (tertiary alicyclic amines) is 1. The fourth-order valence-electron chi connectivity index (χ4n) is 5.76. The van der Waals surface area contributed by atoms with Gasteiger partial charge in [-0.1, -0.05) is 43.7 Å². The predicted molar refractivity (Wildman–Crippen MR) is 161 cm³/mol. The summed E-state index contributed by atoms with van der Waals surface area (Å²) in [4.78, 5) is 15.3. The highest BCUT2D eigenvalue weighted by Crippen LogP contribution is 2.33. The summed E-state index contributed by atoms with van der Waals surface area (Å²) in [5.74, 6) is 5.99. The summed E-state index contributed by atoms with van der Waals surface area (Å²) >= 11 is 0. The Hall–Kier alpha value is -3.10. The summed E-state index contributed by atoms with van der Waals surface area (Å²) in [6.45, 7) is 5.52. The maximum Gasteiger partial charge on any atom is 0.260 e. The van der Waals surface area contributed by atoms with Crippen LogP contribution in [-0.4, -0.2) is 63.3 Å². The van der Waals surface area contributed by atoms with Crippen molar-refractivity contribution in [1.29, 1.82) is 0 Å². The van der Waals surface area contributed by atoms with Crippen molar-refractivity contribution in [3.8, 4) is 23.3 Å². The van der Waals surface area contributed by atoms with Gasteiger partial charge in [0.2, 0.25) is 0 Å². The number of nitrogens with one attached hydrogen (secondary N) is 2. The van der Waals surface area contributed by atoms with E-state index < -0.39 is 27.2 Å². The molecule has 9 nitrogen and oxygen atoms in total. The molecule has 2 atom stereocenters. The lowest BCUT2D eigenvalue weighted by Crippen LogP contribution is -2.51. The van der Waals surface area contributed by atoms with Crippen molar-refractivity contribution in [3.63, 3.8) is 0 Å². The standard InChI is InChI=1S/C32H43N3O6S/c1-2-3-23-40-28-16-18-29(19-17-28)42(38,39)32(33-30(31(36)34-37)25-10-6-4-7-11-25)26-12-14-27(15-13-26)41-24-22-35-20-8-5-9-21-35/h12-19,25,30,32-33,37H,4-11,20-24H2,1H3,(H,34,36). The number of amides is 1. The van der Waals surface area contributed by atoms with E-state index in [0.717, 1.165) is 51.7 Å². The third kappa shape index (κ3) is 8.71. The van der Waals surface area contributed by atoms with Crippen molar-refractivity contribution in [2.24, 2.45) is 5.92 Å². The third-order valence-corrected chi connectivity index (χ3v) is 10.1. The van der Waals surface area contributed by atoms with Crippen molar-refractivity contribution in [2.45, 2.75) is 74.6 Å². The van der Waals surface area contributed by atoms with E-state index in [9.17, 15) is 18.4 Å². The van der Waals surface area contributed by atoms with Crippen LogP contribution in [-0.2, 0) is 14.6 Å². The smallest absolute Gasteiger partial charge is 0.260 e. The monoisotopic (exact) mass is 597 g/mol. The number of hydroxylamine groups is 1. The van der Waals surface area contributed by atoms with E-state index >= 15 is 0 Å². The van der Waals surface area contributed by atoms with E-state index in [1.165, 1.54) is 31.4 Å². The fourth-order valence-corrected chi connectivity index (χ4v) is 7.39. The molecule has 42 heavy (non-hydrogen) atoms. The van der Waals surface area contributed by atoms with Gasteiger partial charge in [-0.25, -0.2) is 13.9 Å². The van der Waals surface area contributed by atoms with Crippen molar-refractivity contribution in [1.82, 2.24) is 15.7 Å². The number of hydrogen-bond acceptors (Lipinski definition) is 8. The SMILES string of the molecule is CC#CCOc1ccc(S(=O)(=O)C(NC(C(=O)NO)C2CCCCC2)c2ccc(OCCN3CCCCC3)cc2)cc1. The largest absolute Gasteiger partial charge is 0.492 e. The van der Waals surface area contributed by atoms with Crippen LogP contribution in [0, 0.1) is 17.8 Å².